The molecule has 1 N–H and O–H groups in total. The van der Waals surface area contributed by atoms with Crippen molar-refractivity contribution in [3.8, 4) is 11.3 Å². The summed E-state index contributed by atoms with van der Waals surface area (Å²) in [5.74, 6) is 0. The van der Waals surface area contributed by atoms with Crippen LogP contribution >= 0.6 is 11.3 Å². The standard InChI is InChI=1S/C17H14N4OS/c1-11(12-5-3-2-4-6-12)21-16-15(20-17(21)22)19-14(9-18-16)13-7-8-23-10-13/h2-11H,1H3,(H,19,20,22)/t11-/m0/s1. The third-order valence-electron chi connectivity index (χ3n) is 3.91. The quantitative estimate of drug-likeness (QED) is 0.628. The van der Waals surface area contributed by atoms with Gasteiger partial charge in [0.1, 0.15) is 0 Å². The van der Waals surface area contributed by atoms with Gasteiger partial charge in [-0.15, -0.1) is 0 Å². The van der Waals surface area contributed by atoms with E-state index in [1.807, 2.05) is 54.1 Å². The fourth-order valence-corrected chi connectivity index (χ4v) is 3.34. The second kappa shape index (κ2) is 5.48. The normalized spacial score (nSPS) is 12.6. The number of aromatic nitrogens is 4. The van der Waals surface area contributed by atoms with Gasteiger partial charge < -0.3 is 0 Å². The van der Waals surface area contributed by atoms with Crippen molar-refractivity contribution in [1.29, 1.82) is 0 Å². The van der Waals surface area contributed by atoms with Gasteiger partial charge in [0.15, 0.2) is 11.3 Å². The number of H-pyrrole nitrogens is 1. The average molecular weight is 322 g/mol. The van der Waals surface area contributed by atoms with Gasteiger partial charge in [0, 0.05) is 10.9 Å². The summed E-state index contributed by atoms with van der Waals surface area (Å²) in [6.45, 7) is 1.98. The smallest absolute Gasteiger partial charge is 0.289 e. The third kappa shape index (κ3) is 2.37. The van der Waals surface area contributed by atoms with E-state index in [2.05, 4.69) is 15.0 Å². The zero-order valence-corrected chi connectivity index (χ0v) is 13.2. The van der Waals surface area contributed by atoms with Gasteiger partial charge in [0.05, 0.1) is 17.9 Å². The van der Waals surface area contributed by atoms with Crippen molar-refractivity contribution in [2.45, 2.75) is 13.0 Å². The number of fused-ring (bicyclic) bond motifs is 1. The summed E-state index contributed by atoms with van der Waals surface area (Å²) in [4.78, 5) is 24.2. The van der Waals surface area contributed by atoms with Crippen LogP contribution in [-0.4, -0.2) is 19.5 Å². The molecule has 4 aromatic rings. The van der Waals surface area contributed by atoms with E-state index in [-0.39, 0.29) is 11.7 Å². The lowest BCUT2D eigenvalue weighted by Crippen LogP contribution is -2.21. The van der Waals surface area contributed by atoms with Crippen molar-refractivity contribution in [3.05, 3.63) is 69.4 Å². The predicted molar refractivity (Wildman–Crippen MR) is 91.7 cm³/mol. The van der Waals surface area contributed by atoms with Gasteiger partial charge >= 0.3 is 5.69 Å². The second-order valence-electron chi connectivity index (χ2n) is 5.33. The molecule has 0 fully saturated rings. The molecule has 0 aliphatic carbocycles. The third-order valence-corrected chi connectivity index (χ3v) is 4.59. The van der Waals surface area contributed by atoms with Gasteiger partial charge in [-0.1, -0.05) is 30.3 Å². The molecule has 0 amide bonds. The van der Waals surface area contributed by atoms with Crippen molar-refractivity contribution in [3.63, 3.8) is 0 Å². The van der Waals surface area contributed by atoms with E-state index in [9.17, 15) is 4.79 Å². The second-order valence-corrected chi connectivity index (χ2v) is 6.11. The molecule has 0 saturated heterocycles. The maximum absolute atomic E-state index is 12.4. The molecule has 3 heterocycles. The Morgan fingerprint density at radius 1 is 1.22 bits per heavy atom. The van der Waals surface area contributed by atoms with Crippen LogP contribution in [0.2, 0.25) is 0 Å². The van der Waals surface area contributed by atoms with E-state index in [4.69, 9.17) is 0 Å². The molecule has 0 spiro atoms. The molecule has 1 aromatic carbocycles. The van der Waals surface area contributed by atoms with Gasteiger partial charge in [-0.05, 0) is 23.9 Å². The number of nitrogens with one attached hydrogen (secondary N) is 1. The fraction of sp³-hybridized carbons (Fsp3) is 0.118. The maximum Gasteiger partial charge on any atom is 0.329 e. The van der Waals surface area contributed by atoms with Crippen LogP contribution in [0.15, 0.2) is 58.1 Å². The van der Waals surface area contributed by atoms with Gasteiger partial charge in [0.2, 0.25) is 0 Å². The minimum Gasteiger partial charge on any atom is -0.289 e. The molecule has 5 nitrogen and oxygen atoms in total. The fourth-order valence-electron chi connectivity index (χ4n) is 2.69. The molecular formula is C17H14N4OS. The molecule has 0 saturated carbocycles. The summed E-state index contributed by atoms with van der Waals surface area (Å²) in [6, 6.07) is 11.8. The lowest BCUT2D eigenvalue weighted by Gasteiger charge is -2.13. The van der Waals surface area contributed by atoms with Crippen LogP contribution in [0, 0.1) is 0 Å². The number of hydrogen-bond donors (Lipinski definition) is 1. The Morgan fingerprint density at radius 3 is 2.78 bits per heavy atom. The summed E-state index contributed by atoms with van der Waals surface area (Å²) >= 11 is 1.61. The number of imidazole rings is 1. The zero-order chi connectivity index (χ0) is 15.8. The van der Waals surface area contributed by atoms with Crippen molar-refractivity contribution in [1.82, 2.24) is 19.5 Å². The Balaban J connectivity index is 1.85. The molecule has 0 unspecified atom stereocenters. The highest BCUT2D eigenvalue weighted by molar-refractivity contribution is 7.08. The van der Waals surface area contributed by atoms with Crippen LogP contribution in [0.3, 0.4) is 0 Å². The van der Waals surface area contributed by atoms with Crippen molar-refractivity contribution in [2.24, 2.45) is 0 Å². The lowest BCUT2D eigenvalue weighted by molar-refractivity contribution is 0.630. The predicted octanol–water partition coefficient (Wildman–Crippen LogP) is 3.46. The van der Waals surface area contributed by atoms with Gasteiger partial charge in [0.25, 0.3) is 0 Å². The van der Waals surface area contributed by atoms with Crippen LogP contribution in [-0.2, 0) is 0 Å². The first-order valence-corrected chi connectivity index (χ1v) is 8.23. The molecular weight excluding hydrogens is 308 g/mol. The topological polar surface area (TPSA) is 63.6 Å². The highest BCUT2D eigenvalue weighted by atomic mass is 32.1. The van der Waals surface area contributed by atoms with E-state index in [0.29, 0.717) is 11.3 Å². The van der Waals surface area contributed by atoms with Crippen LogP contribution in [0.4, 0.5) is 0 Å². The summed E-state index contributed by atoms with van der Waals surface area (Å²) in [5.41, 5.74) is 3.72. The summed E-state index contributed by atoms with van der Waals surface area (Å²) in [5, 5.41) is 4.00. The highest BCUT2D eigenvalue weighted by Gasteiger charge is 2.17. The monoisotopic (exact) mass is 322 g/mol. The lowest BCUT2D eigenvalue weighted by atomic mass is 10.1. The zero-order valence-electron chi connectivity index (χ0n) is 12.4. The molecule has 3 aromatic heterocycles. The Hall–Kier alpha value is -2.73. The minimum absolute atomic E-state index is 0.112. The molecule has 0 bridgehead atoms. The first-order chi connectivity index (χ1) is 11.2. The molecule has 0 aliphatic rings. The number of thiophene rings is 1. The summed E-state index contributed by atoms with van der Waals surface area (Å²) in [7, 11) is 0. The molecule has 6 heteroatoms. The first-order valence-electron chi connectivity index (χ1n) is 7.29. The molecule has 0 aliphatic heterocycles. The maximum atomic E-state index is 12.4. The van der Waals surface area contributed by atoms with E-state index in [0.717, 1.165) is 16.8 Å². The van der Waals surface area contributed by atoms with Crippen LogP contribution in [0.5, 0.6) is 0 Å². The van der Waals surface area contributed by atoms with E-state index < -0.39 is 0 Å². The van der Waals surface area contributed by atoms with Crippen LogP contribution < -0.4 is 5.69 Å². The molecule has 114 valence electrons. The van der Waals surface area contributed by atoms with E-state index in [1.165, 1.54) is 0 Å². The summed E-state index contributed by atoms with van der Waals surface area (Å²) < 4.78 is 1.65. The van der Waals surface area contributed by atoms with Gasteiger partial charge in [-0.2, -0.15) is 11.3 Å². The van der Waals surface area contributed by atoms with Crippen LogP contribution in [0.1, 0.15) is 18.5 Å². The molecule has 1 atom stereocenters. The van der Waals surface area contributed by atoms with Gasteiger partial charge in [-0.3, -0.25) is 9.55 Å². The molecule has 4 rings (SSSR count). The van der Waals surface area contributed by atoms with Crippen molar-refractivity contribution < 1.29 is 0 Å². The number of rotatable bonds is 3. The number of nitrogens with zero attached hydrogens (tertiary/aromatic N) is 3. The number of aromatic amines is 1. The Morgan fingerprint density at radius 2 is 2.04 bits per heavy atom. The Kier molecular flexibility index (Phi) is 3.31. The Bertz CT molecular complexity index is 1000. The largest absolute Gasteiger partial charge is 0.329 e. The van der Waals surface area contributed by atoms with E-state index >= 15 is 0 Å². The Labute approximate surface area is 136 Å². The first kappa shape index (κ1) is 13.9. The SMILES string of the molecule is C[C@@H](c1ccccc1)n1c(=O)[nH]c2nc(-c3ccsc3)cnc21. The minimum atomic E-state index is -0.196. The van der Waals surface area contributed by atoms with E-state index in [1.54, 1.807) is 22.1 Å². The van der Waals surface area contributed by atoms with Gasteiger partial charge in [-0.25, -0.2) is 14.8 Å². The summed E-state index contributed by atoms with van der Waals surface area (Å²) in [6.07, 6.45) is 1.71. The highest BCUT2D eigenvalue weighted by Crippen LogP contribution is 2.23. The number of hydrogen-bond acceptors (Lipinski definition) is 4. The molecule has 23 heavy (non-hydrogen) atoms. The van der Waals surface area contributed by atoms with Crippen molar-refractivity contribution >= 4 is 22.6 Å². The molecule has 0 radical (unpaired) electrons. The average Bonchev–Trinajstić information content (AvgIpc) is 3.21. The van der Waals surface area contributed by atoms with Crippen LogP contribution in [0.25, 0.3) is 22.6 Å². The number of benzene rings is 1. The van der Waals surface area contributed by atoms with Crippen molar-refractivity contribution in [2.75, 3.05) is 0 Å².